The second kappa shape index (κ2) is 6.27. The van der Waals surface area contributed by atoms with Crippen LogP contribution in [0, 0.1) is 6.92 Å². The van der Waals surface area contributed by atoms with Crippen molar-refractivity contribution in [3.05, 3.63) is 33.8 Å². The van der Waals surface area contributed by atoms with E-state index in [1.807, 2.05) is 25.1 Å². The molecule has 0 amide bonds. The fraction of sp³-hybridized carbons (Fsp3) is 0.385. The number of halogens is 1. The predicted octanol–water partition coefficient (Wildman–Crippen LogP) is 3.67. The van der Waals surface area contributed by atoms with Crippen LogP contribution in [0.5, 0.6) is 0 Å². The maximum Gasteiger partial charge on any atom is 0.149 e. The van der Waals surface area contributed by atoms with Crippen molar-refractivity contribution in [2.45, 2.75) is 26.8 Å². The monoisotopic (exact) mass is 281 g/mol. The number of aromatic nitrogens is 2. The first-order valence-electron chi connectivity index (χ1n) is 6.00. The van der Waals surface area contributed by atoms with E-state index in [1.54, 1.807) is 11.3 Å². The molecule has 18 heavy (non-hydrogen) atoms. The van der Waals surface area contributed by atoms with Gasteiger partial charge in [-0.25, -0.2) is 0 Å². The number of nitrogens with zero attached hydrogens (tertiary/aromatic N) is 2. The Bertz CT molecular complexity index is 525. The minimum atomic E-state index is 0.735. The number of rotatable bonds is 5. The minimum absolute atomic E-state index is 0.735. The molecule has 0 atom stereocenters. The average Bonchev–Trinajstić information content (AvgIpc) is 2.78. The largest absolute Gasteiger partial charge is 0.310 e. The van der Waals surface area contributed by atoms with E-state index >= 15 is 0 Å². The molecule has 0 saturated heterocycles. The molecule has 0 saturated carbocycles. The highest BCUT2D eigenvalue weighted by atomic mass is 35.5. The van der Waals surface area contributed by atoms with E-state index in [0.717, 1.165) is 45.7 Å². The molecule has 96 valence electrons. The molecule has 0 aliphatic heterocycles. The van der Waals surface area contributed by atoms with Crippen LogP contribution in [0.4, 0.5) is 0 Å². The van der Waals surface area contributed by atoms with Crippen molar-refractivity contribution in [3.63, 3.8) is 0 Å². The third-order valence-corrected chi connectivity index (χ3v) is 3.79. The fourth-order valence-electron chi connectivity index (χ4n) is 1.60. The van der Waals surface area contributed by atoms with Gasteiger partial charge in [-0.3, -0.25) is 0 Å². The van der Waals surface area contributed by atoms with Crippen LogP contribution in [-0.2, 0) is 6.54 Å². The first-order chi connectivity index (χ1) is 8.70. The maximum absolute atomic E-state index is 6.22. The molecule has 5 heteroatoms. The Morgan fingerprint density at radius 2 is 2.17 bits per heavy atom. The van der Waals surface area contributed by atoms with Crippen LogP contribution >= 0.6 is 22.9 Å². The van der Waals surface area contributed by atoms with Gasteiger partial charge in [0.2, 0.25) is 0 Å². The van der Waals surface area contributed by atoms with E-state index < -0.39 is 0 Å². The van der Waals surface area contributed by atoms with Crippen LogP contribution in [0.25, 0.3) is 10.6 Å². The summed E-state index contributed by atoms with van der Waals surface area (Å²) in [4.78, 5) is 0. The van der Waals surface area contributed by atoms with Crippen molar-refractivity contribution in [2.24, 2.45) is 0 Å². The molecule has 2 aromatic rings. The zero-order valence-electron chi connectivity index (χ0n) is 10.5. The van der Waals surface area contributed by atoms with Crippen molar-refractivity contribution in [3.8, 4) is 10.6 Å². The summed E-state index contributed by atoms with van der Waals surface area (Å²) in [6, 6.07) is 5.99. The highest BCUT2D eigenvalue weighted by Gasteiger charge is 2.09. The molecule has 1 heterocycles. The molecule has 0 spiro atoms. The number of hydrogen-bond donors (Lipinski definition) is 1. The lowest BCUT2D eigenvalue weighted by Crippen LogP contribution is -2.13. The van der Waals surface area contributed by atoms with Crippen molar-refractivity contribution in [1.82, 2.24) is 15.5 Å². The summed E-state index contributed by atoms with van der Waals surface area (Å²) in [5.74, 6) is 0. The van der Waals surface area contributed by atoms with E-state index in [9.17, 15) is 0 Å². The predicted molar refractivity (Wildman–Crippen MR) is 77.1 cm³/mol. The molecule has 0 aliphatic carbocycles. The molecule has 0 aliphatic rings. The van der Waals surface area contributed by atoms with Gasteiger partial charge in [0.1, 0.15) is 10.0 Å². The van der Waals surface area contributed by atoms with Crippen molar-refractivity contribution >= 4 is 22.9 Å². The molecular weight excluding hydrogens is 266 g/mol. The molecule has 1 aromatic carbocycles. The summed E-state index contributed by atoms with van der Waals surface area (Å²) in [6.45, 7) is 5.94. The fourth-order valence-corrected chi connectivity index (χ4v) is 2.83. The maximum atomic E-state index is 6.22. The van der Waals surface area contributed by atoms with Gasteiger partial charge in [0.05, 0.1) is 5.02 Å². The summed E-state index contributed by atoms with van der Waals surface area (Å²) in [5.41, 5.74) is 2.11. The Morgan fingerprint density at radius 3 is 2.89 bits per heavy atom. The van der Waals surface area contributed by atoms with Gasteiger partial charge in [0.15, 0.2) is 0 Å². The van der Waals surface area contributed by atoms with Crippen molar-refractivity contribution in [1.29, 1.82) is 0 Å². The van der Waals surface area contributed by atoms with Gasteiger partial charge in [-0.05, 0) is 31.5 Å². The standard InChI is InChI=1S/C13H16ClN3S/c1-3-6-15-8-12-16-17-13(18-12)10-5-4-9(2)7-11(10)14/h4-5,7,15H,3,6,8H2,1-2H3. The van der Waals surface area contributed by atoms with Gasteiger partial charge in [-0.15, -0.1) is 10.2 Å². The average molecular weight is 282 g/mol. The normalized spacial score (nSPS) is 10.8. The molecular formula is C13H16ClN3S. The van der Waals surface area contributed by atoms with Crippen molar-refractivity contribution < 1.29 is 0 Å². The zero-order chi connectivity index (χ0) is 13.0. The van der Waals surface area contributed by atoms with Gasteiger partial charge >= 0.3 is 0 Å². The van der Waals surface area contributed by atoms with Crippen LogP contribution < -0.4 is 5.32 Å². The number of benzene rings is 1. The van der Waals surface area contributed by atoms with Crippen LogP contribution in [0.3, 0.4) is 0 Å². The summed E-state index contributed by atoms with van der Waals surface area (Å²) < 4.78 is 0. The van der Waals surface area contributed by atoms with E-state index in [2.05, 4.69) is 22.4 Å². The summed E-state index contributed by atoms with van der Waals surface area (Å²) in [7, 11) is 0. The first kappa shape index (κ1) is 13.5. The third kappa shape index (κ3) is 3.28. The van der Waals surface area contributed by atoms with Crippen LogP contribution in [-0.4, -0.2) is 16.7 Å². The number of nitrogens with one attached hydrogen (secondary N) is 1. The molecule has 3 nitrogen and oxygen atoms in total. The summed E-state index contributed by atoms with van der Waals surface area (Å²) in [5, 5.41) is 14.3. The molecule has 2 rings (SSSR count). The number of aryl methyl sites for hydroxylation is 1. The lowest BCUT2D eigenvalue weighted by Gasteiger charge is -2.00. The van der Waals surface area contributed by atoms with Gasteiger partial charge in [0.25, 0.3) is 0 Å². The van der Waals surface area contributed by atoms with E-state index in [0.29, 0.717) is 0 Å². The van der Waals surface area contributed by atoms with Crippen molar-refractivity contribution in [2.75, 3.05) is 6.54 Å². The lowest BCUT2D eigenvalue weighted by atomic mass is 10.2. The van der Waals surface area contributed by atoms with Gasteiger partial charge in [-0.2, -0.15) is 0 Å². The quantitative estimate of drug-likeness (QED) is 0.850. The molecule has 0 unspecified atom stereocenters. The third-order valence-electron chi connectivity index (χ3n) is 2.52. The Labute approximate surface area is 116 Å². The first-order valence-corrected chi connectivity index (χ1v) is 7.19. The number of hydrogen-bond acceptors (Lipinski definition) is 4. The van der Waals surface area contributed by atoms with Gasteiger partial charge < -0.3 is 5.32 Å². The molecule has 0 bridgehead atoms. The SMILES string of the molecule is CCCNCc1nnc(-c2ccc(C)cc2Cl)s1. The Hall–Kier alpha value is -0.970. The van der Waals surface area contributed by atoms with E-state index in [4.69, 9.17) is 11.6 Å². The minimum Gasteiger partial charge on any atom is -0.310 e. The molecule has 1 aromatic heterocycles. The van der Waals surface area contributed by atoms with E-state index in [-0.39, 0.29) is 0 Å². The summed E-state index contributed by atoms with van der Waals surface area (Å²) >= 11 is 7.81. The smallest absolute Gasteiger partial charge is 0.149 e. The van der Waals surface area contributed by atoms with Gasteiger partial charge in [0, 0.05) is 12.1 Å². The Morgan fingerprint density at radius 1 is 1.33 bits per heavy atom. The lowest BCUT2D eigenvalue weighted by molar-refractivity contribution is 0.668. The Balaban J connectivity index is 2.13. The van der Waals surface area contributed by atoms with Crippen LogP contribution in [0.2, 0.25) is 5.02 Å². The highest BCUT2D eigenvalue weighted by molar-refractivity contribution is 7.14. The van der Waals surface area contributed by atoms with E-state index in [1.165, 1.54) is 0 Å². The molecule has 0 radical (unpaired) electrons. The second-order valence-corrected chi connectivity index (χ2v) is 5.63. The van der Waals surface area contributed by atoms with Gasteiger partial charge in [-0.1, -0.05) is 42.0 Å². The molecule has 1 N–H and O–H groups in total. The second-order valence-electron chi connectivity index (χ2n) is 4.16. The molecule has 0 fully saturated rings. The Kier molecular flexibility index (Phi) is 4.69. The zero-order valence-corrected chi connectivity index (χ0v) is 12.1. The topological polar surface area (TPSA) is 37.8 Å². The highest BCUT2D eigenvalue weighted by Crippen LogP contribution is 2.30. The van der Waals surface area contributed by atoms with Crippen LogP contribution in [0.1, 0.15) is 23.9 Å². The summed E-state index contributed by atoms with van der Waals surface area (Å²) in [6.07, 6.45) is 1.12. The van der Waals surface area contributed by atoms with Crippen LogP contribution in [0.15, 0.2) is 18.2 Å².